The molecule has 170 valence electrons. The summed E-state index contributed by atoms with van der Waals surface area (Å²) in [5.41, 5.74) is 2.22. The number of pyridine rings is 3. The highest BCUT2D eigenvalue weighted by atomic mass is 19.4. The Balaban J connectivity index is 1.50. The Hall–Kier alpha value is -4.07. The third-order valence-corrected chi connectivity index (χ3v) is 5.74. The number of aromatic nitrogens is 5. The number of fused-ring (bicyclic) bond motifs is 1. The van der Waals surface area contributed by atoms with Crippen LogP contribution in [0.4, 0.5) is 13.2 Å². The van der Waals surface area contributed by atoms with Gasteiger partial charge in [0.05, 0.1) is 28.3 Å². The summed E-state index contributed by atoms with van der Waals surface area (Å²) in [7, 11) is 0. The largest absolute Gasteiger partial charge is 0.435 e. The Kier molecular flexibility index (Phi) is 5.16. The van der Waals surface area contributed by atoms with Gasteiger partial charge in [-0.15, -0.1) is 0 Å². The van der Waals surface area contributed by atoms with Crippen LogP contribution >= 0.6 is 0 Å². The Morgan fingerprint density at radius 1 is 0.647 bits per heavy atom. The Morgan fingerprint density at radius 3 is 2.12 bits per heavy atom. The molecule has 0 bridgehead atoms. The van der Waals surface area contributed by atoms with E-state index in [-0.39, 0.29) is 0 Å². The van der Waals surface area contributed by atoms with Crippen LogP contribution in [0.3, 0.4) is 0 Å². The number of hydrogen-bond donors (Lipinski definition) is 0. The predicted octanol–water partition coefficient (Wildman–Crippen LogP) is 6.22. The summed E-state index contributed by atoms with van der Waals surface area (Å²) in [5, 5.41) is 4.68. The van der Waals surface area contributed by atoms with E-state index in [0.29, 0.717) is 11.5 Å². The van der Waals surface area contributed by atoms with Crippen molar-refractivity contribution in [2.24, 2.45) is 0 Å². The zero-order chi connectivity index (χ0) is 23.9. The molecule has 0 atom stereocenters. The molecular weight excluding hydrogens is 439 g/mol. The number of rotatable bonds is 4. The van der Waals surface area contributed by atoms with Crippen LogP contribution < -0.4 is 0 Å². The molecule has 1 aromatic carbocycles. The molecule has 4 heterocycles. The normalized spacial score (nSPS) is 12.3. The summed E-state index contributed by atoms with van der Waals surface area (Å²) in [4.78, 5) is 14.2. The third kappa shape index (κ3) is 4.03. The second-order valence-electron chi connectivity index (χ2n) is 8.45. The molecule has 4 aromatic heterocycles. The highest BCUT2D eigenvalue weighted by Gasteiger charge is 2.34. The van der Waals surface area contributed by atoms with E-state index < -0.39 is 17.3 Å². The van der Waals surface area contributed by atoms with Gasteiger partial charge in [-0.05, 0) is 56.3 Å². The molecule has 0 fully saturated rings. The molecule has 0 saturated heterocycles. The lowest BCUT2D eigenvalue weighted by atomic mass is 9.84. The summed E-state index contributed by atoms with van der Waals surface area (Å²) < 4.78 is 40.0. The van der Waals surface area contributed by atoms with Crippen molar-refractivity contribution in [1.29, 1.82) is 0 Å². The summed E-state index contributed by atoms with van der Waals surface area (Å²) in [6, 6.07) is 23.7. The van der Waals surface area contributed by atoms with Crippen molar-refractivity contribution in [2.75, 3.05) is 0 Å². The van der Waals surface area contributed by atoms with Gasteiger partial charge < -0.3 is 0 Å². The molecule has 0 aliphatic carbocycles. The minimum atomic E-state index is -4.51. The van der Waals surface area contributed by atoms with E-state index in [1.807, 2.05) is 74.5 Å². The van der Waals surface area contributed by atoms with Crippen LogP contribution in [-0.4, -0.2) is 24.7 Å². The maximum absolute atomic E-state index is 13.0. The molecule has 0 spiro atoms. The number of benzene rings is 1. The quantitative estimate of drug-likeness (QED) is 0.320. The lowest BCUT2D eigenvalue weighted by Gasteiger charge is -2.24. The first-order valence-electron chi connectivity index (χ1n) is 10.7. The Labute approximate surface area is 194 Å². The minimum Gasteiger partial charge on any atom is -0.250 e. The van der Waals surface area contributed by atoms with Crippen molar-refractivity contribution in [3.63, 3.8) is 0 Å². The molecule has 0 unspecified atom stereocenters. The van der Waals surface area contributed by atoms with Crippen LogP contribution in [0.25, 0.3) is 28.1 Å². The molecule has 34 heavy (non-hydrogen) atoms. The van der Waals surface area contributed by atoms with E-state index >= 15 is 0 Å². The summed E-state index contributed by atoms with van der Waals surface area (Å²) in [5.74, 6) is 0.299. The molecule has 5 rings (SSSR count). The second-order valence-corrected chi connectivity index (χ2v) is 8.45. The molecule has 0 aliphatic rings. The monoisotopic (exact) mass is 459 g/mol. The summed E-state index contributed by atoms with van der Waals surface area (Å²) >= 11 is 0. The van der Waals surface area contributed by atoms with Crippen LogP contribution in [0.5, 0.6) is 0 Å². The van der Waals surface area contributed by atoms with Crippen LogP contribution in [-0.2, 0) is 11.6 Å². The van der Waals surface area contributed by atoms with Gasteiger partial charge in [0.25, 0.3) is 0 Å². The van der Waals surface area contributed by atoms with Crippen LogP contribution in [0, 0.1) is 0 Å². The Morgan fingerprint density at radius 2 is 1.35 bits per heavy atom. The molecule has 0 amide bonds. The first kappa shape index (κ1) is 21.8. The average molecular weight is 459 g/mol. The third-order valence-electron chi connectivity index (χ3n) is 5.74. The smallest absolute Gasteiger partial charge is 0.250 e. The maximum atomic E-state index is 13.0. The number of nitrogens with zero attached hydrogens (tertiary/aromatic N) is 5. The number of para-hydroxylation sites is 1. The van der Waals surface area contributed by atoms with Gasteiger partial charge >= 0.3 is 6.18 Å². The predicted molar refractivity (Wildman–Crippen MR) is 123 cm³/mol. The lowest BCUT2D eigenvalue weighted by molar-refractivity contribution is -0.141. The van der Waals surface area contributed by atoms with Gasteiger partial charge in [0, 0.05) is 17.0 Å². The molecule has 0 saturated carbocycles. The topological polar surface area (TPSA) is 56.5 Å². The average Bonchev–Trinajstić information content (AvgIpc) is 3.35. The standard InChI is InChI=1S/C26H20F3N5/c1-25(2,22-11-6-12-24(32-22)34-16-15-23(33-34)26(27,28)29)21-10-5-9-19(31-21)20-14-13-17-7-3-4-8-18(17)30-20/h3-16H,1-2H3. The van der Waals surface area contributed by atoms with Crippen molar-refractivity contribution in [3.8, 4) is 17.2 Å². The van der Waals surface area contributed by atoms with E-state index in [1.165, 1.54) is 6.20 Å². The van der Waals surface area contributed by atoms with Gasteiger partial charge in [0.15, 0.2) is 11.5 Å². The van der Waals surface area contributed by atoms with Crippen LogP contribution in [0.15, 0.2) is 85.1 Å². The van der Waals surface area contributed by atoms with Crippen LogP contribution in [0.2, 0.25) is 0 Å². The molecule has 8 heteroatoms. The van der Waals surface area contributed by atoms with E-state index in [0.717, 1.165) is 38.7 Å². The molecule has 5 aromatic rings. The molecular formula is C26H20F3N5. The van der Waals surface area contributed by atoms with Gasteiger partial charge in [0.1, 0.15) is 0 Å². The van der Waals surface area contributed by atoms with Crippen molar-refractivity contribution < 1.29 is 13.2 Å². The molecule has 0 N–H and O–H groups in total. The number of alkyl halides is 3. The minimum absolute atomic E-state index is 0.299. The van der Waals surface area contributed by atoms with Gasteiger partial charge in [-0.1, -0.05) is 36.4 Å². The molecule has 0 aliphatic heterocycles. The van der Waals surface area contributed by atoms with Crippen LogP contribution in [0.1, 0.15) is 30.9 Å². The van der Waals surface area contributed by atoms with Gasteiger partial charge in [-0.25, -0.2) is 14.6 Å². The molecule has 5 nitrogen and oxygen atoms in total. The van der Waals surface area contributed by atoms with E-state index in [1.54, 1.807) is 12.1 Å². The second kappa shape index (κ2) is 8.06. The first-order chi connectivity index (χ1) is 16.2. The van der Waals surface area contributed by atoms with Gasteiger partial charge in [-0.2, -0.15) is 18.3 Å². The van der Waals surface area contributed by atoms with Crippen molar-refractivity contribution in [3.05, 3.63) is 102 Å². The fraction of sp³-hybridized carbons (Fsp3) is 0.154. The lowest BCUT2D eigenvalue weighted by Crippen LogP contribution is -2.23. The maximum Gasteiger partial charge on any atom is 0.435 e. The fourth-order valence-electron chi connectivity index (χ4n) is 3.77. The van der Waals surface area contributed by atoms with Crippen molar-refractivity contribution >= 4 is 10.9 Å². The van der Waals surface area contributed by atoms with E-state index in [9.17, 15) is 13.2 Å². The van der Waals surface area contributed by atoms with E-state index in [4.69, 9.17) is 9.97 Å². The van der Waals surface area contributed by atoms with Gasteiger partial charge in [0.2, 0.25) is 0 Å². The van der Waals surface area contributed by atoms with Crippen molar-refractivity contribution in [2.45, 2.75) is 25.4 Å². The SMILES string of the molecule is CC(C)(c1cccc(-c2ccc3ccccc3n2)n1)c1cccc(-n2ccc(C(F)(F)F)n2)n1. The zero-order valence-corrected chi connectivity index (χ0v) is 18.5. The fourth-order valence-corrected chi connectivity index (χ4v) is 3.77. The highest BCUT2D eigenvalue weighted by molar-refractivity contribution is 5.80. The number of hydrogen-bond acceptors (Lipinski definition) is 4. The first-order valence-corrected chi connectivity index (χ1v) is 10.7. The zero-order valence-electron chi connectivity index (χ0n) is 18.5. The van der Waals surface area contributed by atoms with E-state index in [2.05, 4.69) is 10.1 Å². The highest BCUT2D eigenvalue weighted by Crippen LogP contribution is 2.32. The van der Waals surface area contributed by atoms with Crippen molar-refractivity contribution in [1.82, 2.24) is 24.7 Å². The summed E-state index contributed by atoms with van der Waals surface area (Å²) in [6.07, 6.45) is -3.25. The van der Waals surface area contributed by atoms with Gasteiger partial charge in [-0.3, -0.25) is 4.98 Å². The molecule has 0 radical (unpaired) electrons. The Bertz CT molecular complexity index is 1490. The summed E-state index contributed by atoms with van der Waals surface area (Å²) in [6.45, 7) is 3.95. The number of halogens is 3.